The highest BCUT2D eigenvalue weighted by Crippen LogP contribution is 2.52. The summed E-state index contributed by atoms with van der Waals surface area (Å²) in [5.74, 6) is -0.229. The van der Waals surface area contributed by atoms with Crippen LogP contribution in [0, 0.1) is 0 Å². The molecule has 0 aliphatic heterocycles. The lowest BCUT2D eigenvalue weighted by molar-refractivity contribution is -0.140. The number of hydrogen-bond acceptors (Lipinski definition) is 7. The molecule has 2 aromatic carbocycles. The van der Waals surface area contributed by atoms with E-state index in [2.05, 4.69) is 22.5 Å². The van der Waals surface area contributed by atoms with Gasteiger partial charge in [-0.2, -0.15) is 5.10 Å². The maximum Gasteiger partial charge on any atom is 0.413 e. The molecule has 0 spiro atoms. The molecule has 7 rings (SSSR count). The van der Waals surface area contributed by atoms with E-state index < -0.39 is 23.6 Å². The number of rotatable bonds is 7. The lowest BCUT2D eigenvalue weighted by Gasteiger charge is -2.14. The van der Waals surface area contributed by atoms with E-state index in [1.807, 2.05) is 55.5 Å². The minimum absolute atomic E-state index is 0.394. The number of aryl methyl sites for hydroxylation is 1. The number of carboxylic acid groups (broad SMARTS) is 1. The van der Waals surface area contributed by atoms with Crippen molar-refractivity contribution >= 4 is 60.9 Å². The van der Waals surface area contributed by atoms with Crippen LogP contribution in [-0.4, -0.2) is 26.9 Å². The number of furan rings is 1. The Kier molecular flexibility index (Phi) is 5.98. The van der Waals surface area contributed by atoms with Crippen molar-refractivity contribution in [3.63, 3.8) is 0 Å². The first kappa shape index (κ1) is 25.6. The molecule has 2 N–H and O–H groups in total. The second kappa shape index (κ2) is 9.60. The van der Waals surface area contributed by atoms with Crippen LogP contribution < -0.4 is 5.32 Å². The number of carboxylic acids is 1. The molecule has 1 amide bonds. The number of nitrogens with zero attached hydrogens (tertiary/aromatic N) is 2. The number of carbonyl (C=O) groups excluding carboxylic acids is 1. The molecule has 1 aliphatic rings. The highest BCUT2D eigenvalue weighted by Gasteiger charge is 2.53. The molecule has 206 valence electrons. The average Bonchev–Trinajstić information content (AvgIpc) is 3.21. The van der Waals surface area contributed by atoms with Crippen LogP contribution in [0.2, 0.25) is 0 Å². The lowest BCUT2D eigenvalue weighted by atomic mass is 9.95. The molecule has 0 saturated heterocycles. The van der Waals surface area contributed by atoms with E-state index in [0.717, 1.165) is 46.8 Å². The Morgan fingerprint density at radius 1 is 1.07 bits per heavy atom. The van der Waals surface area contributed by atoms with E-state index in [1.54, 1.807) is 46.9 Å². The van der Waals surface area contributed by atoms with Crippen molar-refractivity contribution in [3.8, 4) is 20.9 Å². The van der Waals surface area contributed by atoms with Crippen LogP contribution >= 0.6 is 22.7 Å². The Morgan fingerprint density at radius 3 is 2.54 bits per heavy atom. The number of thiophene rings is 2. The molecular formula is C31H25N3O5S2. The molecular weight excluding hydrogens is 558 g/mol. The summed E-state index contributed by atoms with van der Waals surface area (Å²) in [6.45, 7) is 1.84. The summed E-state index contributed by atoms with van der Waals surface area (Å²) < 4.78 is 15.2. The Bertz CT molecular complexity index is 1910. The second-order valence-electron chi connectivity index (χ2n) is 10.3. The van der Waals surface area contributed by atoms with Crippen LogP contribution in [-0.2, 0) is 22.0 Å². The first-order valence-corrected chi connectivity index (χ1v) is 14.8. The molecule has 4 aromatic heterocycles. The minimum Gasteiger partial charge on any atom is -0.481 e. The molecule has 1 aliphatic carbocycles. The molecule has 8 nitrogen and oxygen atoms in total. The van der Waals surface area contributed by atoms with E-state index >= 15 is 0 Å². The van der Waals surface area contributed by atoms with Gasteiger partial charge in [0.2, 0.25) is 0 Å². The normalized spacial score (nSPS) is 14.8. The van der Waals surface area contributed by atoms with Crippen molar-refractivity contribution in [2.75, 3.05) is 5.32 Å². The third kappa shape index (κ3) is 4.39. The van der Waals surface area contributed by atoms with E-state index in [0.29, 0.717) is 24.2 Å². The molecule has 10 heteroatoms. The van der Waals surface area contributed by atoms with Gasteiger partial charge in [-0.05, 0) is 61.2 Å². The van der Waals surface area contributed by atoms with Crippen LogP contribution in [0.25, 0.3) is 41.3 Å². The van der Waals surface area contributed by atoms with Gasteiger partial charge in [0.15, 0.2) is 0 Å². The molecule has 1 atom stereocenters. The summed E-state index contributed by atoms with van der Waals surface area (Å²) >= 11 is 3.30. The second-order valence-corrected chi connectivity index (χ2v) is 12.5. The zero-order valence-corrected chi connectivity index (χ0v) is 23.8. The molecule has 0 bridgehead atoms. The van der Waals surface area contributed by atoms with Gasteiger partial charge in [0, 0.05) is 37.2 Å². The third-order valence-corrected chi connectivity index (χ3v) is 10.1. The van der Waals surface area contributed by atoms with Crippen molar-refractivity contribution in [1.82, 2.24) is 9.78 Å². The van der Waals surface area contributed by atoms with Crippen molar-refractivity contribution in [2.24, 2.45) is 7.05 Å². The van der Waals surface area contributed by atoms with Gasteiger partial charge < -0.3 is 14.3 Å². The zero-order chi connectivity index (χ0) is 28.3. The Balaban J connectivity index is 1.14. The molecule has 6 aromatic rings. The standard InChI is InChI=1S/C31H25N3O5S2/c1-17(18-6-4-3-5-7-18)39-30(37)33-28-21(15-32-34(28)2)25-14-27-26(41-25)13-24(40-27)19-8-9-23-20(12-19)22(16-38-23)31(10-11-31)29(35)36/h3-9,12-17H,10-11H2,1-2H3,(H,33,37)(H,35,36)/t17-/m1/s1. The topological polar surface area (TPSA) is 107 Å². The van der Waals surface area contributed by atoms with Crippen LogP contribution in [0.5, 0.6) is 0 Å². The van der Waals surface area contributed by atoms with Crippen molar-refractivity contribution in [2.45, 2.75) is 31.3 Å². The van der Waals surface area contributed by atoms with Crippen molar-refractivity contribution in [1.29, 1.82) is 0 Å². The van der Waals surface area contributed by atoms with Crippen LogP contribution in [0.3, 0.4) is 0 Å². The number of hydrogen-bond donors (Lipinski definition) is 2. The maximum absolute atomic E-state index is 12.7. The molecule has 41 heavy (non-hydrogen) atoms. The van der Waals surface area contributed by atoms with Gasteiger partial charge in [0.1, 0.15) is 17.5 Å². The Hall–Kier alpha value is -4.41. The summed E-state index contributed by atoms with van der Waals surface area (Å²) in [4.78, 5) is 26.8. The monoisotopic (exact) mass is 583 g/mol. The quantitative estimate of drug-likeness (QED) is 0.196. The number of ether oxygens (including phenoxy) is 1. The highest BCUT2D eigenvalue weighted by molar-refractivity contribution is 7.31. The zero-order valence-electron chi connectivity index (χ0n) is 22.2. The first-order chi connectivity index (χ1) is 19.8. The van der Waals surface area contributed by atoms with Crippen molar-refractivity contribution in [3.05, 3.63) is 84.3 Å². The largest absolute Gasteiger partial charge is 0.481 e. The summed E-state index contributed by atoms with van der Waals surface area (Å²) in [6.07, 6.45) is 3.68. The summed E-state index contributed by atoms with van der Waals surface area (Å²) in [7, 11) is 1.78. The summed E-state index contributed by atoms with van der Waals surface area (Å²) in [5, 5.41) is 17.9. The molecule has 1 fully saturated rings. The summed E-state index contributed by atoms with van der Waals surface area (Å²) in [6, 6.07) is 19.8. The average molecular weight is 584 g/mol. The number of nitrogens with one attached hydrogen (secondary N) is 1. The molecule has 1 saturated carbocycles. The smallest absolute Gasteiger partial charge is 0.413 e. The van der Waals surface area contributed by atoms with E-state index in [9.17, 15) is 14.7 Å². The maximum atomic E-state index is 12.7. The Morgan fingerprint density at radius 2 is 1.80 bits per heavy atom. The predicted molar refractivity (Wildman–Crippen MR) is 161 cm³/mol. The van der Waals surface area contributed by atoms with Crippen LogP contribution in [0.4, 0.5) is 10.6 Å². The van der Waals surface area contributed by atoms with E-state index in [4.69, 9.17) is 9.15 Å². The number of benzene rings is 2. The van der Waals surface area contributed by atoms with Gasteiger partial charge in [0.05, 0.1) is 23.4 Å². The number of anilines is 1. The summed E-state index contributed by atoms with van der Waals surface area (Å²) in [5.41, 5.74) is 3.39. The Labute approximate surface area is 242 Å². The molecule has 0 unspecified atom stereocenters. The van der Waals surface area contributed by atoms with E-state index in [-0.39, 0.29) is 0 Å². The van der Waals surface area contributed by atoms with Gasteiger partial charge in [-0.1, -0.05) is 30.3 Å². The van der Waals surface area contributed by atoms with Gasteiger partial charge in [-0.3, -0.25) is 14.8 Å². The molecule has 0 radical (unpaired) electrons. The number of carbonyl (C=O) groups is 2. The fourth-order valence-corrected chi connectivity index (χ4v) is 7.64. The molecule has 4 heterocycles. The van der Waals surface area contributed by atoms with Gasteiger partial charge in [-0.15, -0.1) is 22.7 Å². The minimum atomic E-state index is -0.823. The van der Waals surface area contributed by atoms with Gasteiger partial charge >= 0.3 is 12.1 Å². The number of aliphatic carboxylic acids is 1. The van der Waals surface area contributed by atoms with Gasteiger partial charge in [0.25, 0.3) is 0 Å². The fourth-order valence-electron chi connectivity index (χ4n) is 5.23. The number of fused-ring (bicyclic) bond motifs is 2. The lowest BCUT2D eigenvalue weighted by Crippen LogP contribution is -2.18. The fraction of sp³-hybridized carbons (Fsp3) is 0.194. The third-order valence-electron chi connectivity index (χ3n) is 7.72. The first-order valence-electron chi connectivity index (χ1n) is 13.2. The van der Waals surface area contributed by atoms with Gasteiger partial charge in [-0.25, -0.2) is 4.79 Å². The van der Waals surface area contributed by atoms with Crippen LogP contribution in [0.15, 0.2) is 77.5 Å². The van der Waals surface area contributed by atoms with E-state index in [1.165, 1.54) is 0 Å². The number of aromatic nitrogens is 2. The highest BCUT2D eigenvalue weighted by atomic mass is 32.1. The number of amides is 1. The van der Waals surface area contributed by atoms with Crippen LogP contribution in [0.1, 0.15) is 37.0 Å². The van der Waals surface area contributed by atoms with Crippen molar-refractivity contribution < 1.29 is 23.8 Å². The predicted octanol–water partition coefficient (Wildman–Crippen LogP) is 8.20. The SMILES string of the molecule is C[C@@H](OC(=O)Nc1c(-c2cc3sc(-c4ccc5occ(C6(C(=O)O)CC6)c5c4)cc3s2)cnn1C)c1ccccc1.